The first-order valence-corrected chi connectivity index (χ1v) is 14.1. The molecule has 220 valence electrons. The molecule has 1 heterocycles. The summed E-state index contributed by atoms with van der Waals surface area (Å²) in [7, 11) is 1.52. The summed E-state index contributed by atoms with van der Waals surface area (Å²) in [6.45, 7) is 10.5. The van der Waals surface area contributed by atoms with Crippen LogP contribution < -0.4 is 9.47 Å². The zero-order valence-corrected chi connectivity index (χ0v) is 24.8. The average molecular weight is 565 g/mol. The average Bonchev–Trinajstić information content (AvgIpc) is 3.82. The minimum atomic E-state index is -0.920. The van der Waals surface area contributed by atoms with Gasteiger partial charge in [0.1, 0.15) is 0 Å². The monoisotopic (exact) mass is 564 g/mol. The number of benzene rings is 2. The lowest BCUT2D eigenvalue weighted by atomic mass is 9.98. The highest BCUT2D eigenvalue weighted by molar-refractivity contribution is 5.91. The molecule has 0 saturated heterocycles. The number of carboxylic acids is 1. The molecule has 1 aliphatic rings. The number of hydrogen-bond acceptors (Lipinski definition) is 6. The van der Waals surface area contributed by atoms with E-state index in [4.69, 9.17) is 9.47 Å². The molecular formula is C33H41FN2O5. The molecule has 1 atom stereocenters. The first kappa shape index (κ1) is 31.7. The third-order valence-corrected chi connectivity index (χ3v) is 6.77. The lowest BCUT2D eigenvalue weighted by Crippen LogP contribution is -2.36. The molecule has 8 heteroatoms. The fourth-order valence-electron chi connectivity index (χ4n) is 4.34. The highest BCUT2D eigenvalue weighted by atomic mass is 19.1. The van der Waals surface area contributed by atoms with Gasteiger partial charge in [-0.15, -0.1) is 0 Å². The Morgan fingerprint density at radius 3 is 2.27 bits per heavy atom. The first-order valence-electron chi connectivity index (χ1n) is 14.1. The summed E-state index contributed by atoms with van der Waals surface area (Å²) in [6.07, 6.45) is 6.37. The van der Waals surface area contributed by atoms with E-state index in [9.17, 15) is 14.7 Å². The molecule has 0 radical (unpaired) electrons. The van der Waals surface area contributed by atoms with Crippen LogP contribution in [0.4, 0.5) is 4.39 Å². The summed E-state index contributed by atoms with van der Waals surface area (Å²) < 4.78 is 26.2. The zero-order valence-electron chi connectivity index (χ0n) is 24.8. The SMILES string of the molecule is C1CC1.COc1cc(-c2cc(F)c(OC(=O)c3cccc(CC(C)C(=O)O)c3)cc2CN(C(C)C)C(C)C)ccn1. The summed E-state index contributed by atoms with van der Waals surface area (Å²) in [6, 6.07) is 13.5. The van der Waals surface area contributed by atoms with Crippen molar-refractivity contribution in [3.8, 4) is 22.8 Å². The Bertz CT molecular complexity index is 1330. The number of aromatic nitrogens is 1. The maximum absolute atomic E-state index is 15.4. The molecule has 4 rings (SSSR count). The summed E-state index contributed by atoms with van der Waals surface area (Å²) in [5.41, 5.74) is 3.07. The van der Waals surface area contributed by atoms with Crippen molar-refractivity contribution in [1.29, 1.82) is 0 Å². The van der Waals surface area contributed by atoms with Crippen LogP contribution >= 0.6 is 0 Å². The van der Waals surface area contributed by atoms with Gasteiger partial charge in [0.15, 0.2) is 11.6 Å². The van der Waals surface area contributed by atoms with E-state index in [1.54, 1.807) is 55.6 Å². The summed E-state index contributed by atoms with van der Waals surface area (Å²) in [4.78, 5) is 30.6. The molecule has 1 aliphatic carbocycles. The van der Waals surface area contributed by atoms with Crippen LogP contribution in [-0.4, -0.2) is 46.1 Å². The maximum atomic E-state index is 15.4. The molecule has 7 nitrogen and oxygen atoms in total. The van der Waals surface area contributed by atoms with E-state index >= 15 is 4.39 Å². The minimum Gasteiger partial charge on any atom is -0.481 e. The van der Waals surface area contributed by atoms with Crippen LogP contribution in [0.3, 0.4) is 0 Å². The van der Waals surface area contributed by atoms with Crippen molar-refractivity contribution in [1.82, 2.24) is 9.88 Å². The third kappa shape index (κ3) is 9.39. The van der Waals surface area contributed by atoms with Gasteiger partial charge in [0.2, 0.25) is 5.88 Å². The number of carbonyl (C=O) groups excluding carboxylic acids is 1. The van der Waals surface area contributed by atoms with Crippen molar-refractivity contribution in [3.05, 3.63) is 77.2 Å². The highest BCUT2D eigenvalue weighted by Gasteiger charge is 2.21. The maximum Gasteiger partial charge on any atom is 0.343 e. The van der Waals surface area contributed by atoms with E-state index in [2.05, 4.69) is 37.6 Å². The van der Waals surface area contributed by atoms with E-state index < -0.39 is 23.7 Å². The van der Waals surface area contributed by atoms with Crippen molar-refractivity contribution in [3.63, 3.8) is 0 Å². The van der Waals surface area contributed by atoms with Gasteiger partial charge in [-0.2, -0.15) is 0 Å². The largest absolute Gasteiger partial charge is 0.481 e. The Hall–Kier alpha value is -3.78. The van der Waals surface area contributed by atoms with E-state index in [1.165, 1.54) is 32.4 Å². The fourth-order valence-corrected chi connectivity index (χ4v) is 4.34. The second kappa shape index (κ2) is 14.7. The summed E-state index contributed by atoms with van der Waals surface area (Å²) >= 11 is 0. The molecule has 0 spiro atoms. The number of hydrogen-bond donors (Lipinski definition) is 1. The molecule has 1 saturated carbocycles. The molecule has 41 heavy (non-hydrogen) atoms. The van der Waals surface area contributed by atoms with Crippen molar-refractivity contribution >= 4 is 11.9 Å². The predicted octanol–water partition coefficient (Wildman–Crippen LogP) is 7.17. The molecule has 0 amide bonds. The number of methoxy groups -OCH3 is 1. The van der Waals surface area contributed by atoms with Gasteiger partial charge in [-0.3, -0.25) is 9.69 Å². The normalized spacial score (nSPS) is 13.0. The second-order valence-electron chi connectivity index (χ2n) is 11.0. The van der Waals surface area contributed by atoms with Gasteiger partial charge in [-0.1, -0.05) is 38.3 Å². The number of ether oxygens (including phenoxy) is 2. The smallest absolute Gasteiger partial charge is 0.343 e. The predicted molar refractivity (Wildman–Crippen MR) is 158 cm³/mol. The number of pyridine rings is 1. The topological polar surface area (TPSA) is 89.0 Å². The molecule has 1 fully saturated rings. The number of nitrogens with zero attached hydrogens (tertiary/aromatic N) is 2. The van der Waals surface area contributed by atoms with Crippen LogP contribution in [-0.2, 0) is 17.8 Å². The van der Waals surface area contributed by atoms with Crippen molar-refractivity contribution in [2.45, 2.75) is 78.9 Å². The molecule has 2 aromatic carbocycles. The molecule has 3 aromatic rings. The Morgan fingerprint density at radius 2 is 1.68 bits per heavy atom. The number of esters is 1. The molecule has 1 unspecified atom stereocenters. The zero-order chi connectivity index (χ0) is 30.1. The number of aliphatic carboxylic acids is 1. The van der Waals surface area contributed by atoms with E-state index in [-0.39, 0.29) is 29.8 Å². The Labute approximate surface area is 242 Å². The van der Waals surface area contributed by atoms with Crippen LogP contribution in [0.25, 0.3) is 11.1 Å². The van der Waals surface area contributed by atoms with Gasteiger partial charge in [0, 0.05) is 30.9 Å². The van der Waals surface area contributed by atoms with Gasteiger partial charge >= 0.3 is 11.9 Å². The molecule has 0 bridgehead atoms. The summed E-state index contributed by atoms with van der Waals surface area (Å²) in [5, 5.41) is 9.19. The van der Waals surface area contributed by atoms with Crippen molar-refractivity contribution in [2.24, 2.45) is 5.92 Å². The Morgan fingerprint density at radius 1 is 1.00 bits per heavy atom. The van der Waals surface area contributed by atoms with Crippen LogP contribution in [0.2, 0.25) is 0 Å². The highest BCUT2D eigenvalue weighted by Crippen LogP contribution is 2.33. The van der Waals surface area contributed by atoms with Crippen LogP contribution in [0.1, 0.15) is 75.4 Å². The van der Waals surface area contributed by atoms with Gasteiger partial charge < -0.3 is 14.6 Å². The van der Waals surface area contributed by atoms with E-state index in [0.29, 0.717) is 23.6 Å². The number of carboxylic acid groups (broad SMARTS) is 1. The lowest BCUT2D eigenvalue weighted by Gasteiger charge is -2.31. The van der Waals surface area contributed by atoms with Gasteiger partial charge in [-0.25, -0.2) is 14.2 Å². The first-order chi connectivity index (χ1) is 19.5. The minimum absolute atomic E-state index is 0.174. The summed E-state index contributed by atoms with van der Waals surface area (Å²) in [5.74, 6) is -2.69. The van der Waals surface area contributed by atoms with Crippen molar-refractivity contribution < 1.29 is 28.6 Å². The van der Waals surface area contributed by atoms with Crippen LogP contribution in [0.5, 0.6) is 11.6 Å². The Kier molecular flexibility index (Phi) is 11.4. The lowest BCUT2D eigenvalue weighted by molar-refractivity contribution is -0.141. The van der Waals surface area contributed by atoms with Gasteiger partial charge in [-0.05, 0) is 86.7 Å². The fraction of sp³-hybridized carbons (Fsp3) is 0.424. The molecular weight excluding hydrogens is 523 g/mol. The van der Waals surface area contributed by atoms with E-state index in [0.717, 1.165) is 11.1 Å². The van der Waals surface area contributed by atoms with Gasteiger partial charge in [0.25, 0.3) is 0 Å². The van der Waals surface area contributed by atoms with Crippen LogP contribution in [0.15, 0.2) is 54.7 Å². The molecule has 1 N–H and O–H groups in total. The number of rotatable bonds is 11. The number of carbonyl (C=O) groups is 2. The second-order valence-corrected chi connectivity index (χ2v) is 11.0. The molecule has 1 aromatic heterocycles. The van der Waals surface area contributed by atoms with E-state index in [1.807, 2.05) is 0 Å². The van der Waals surface area contributed by atoms with Gasteiger partial charge in [0.05, 0.1) is 18.6 Å². The third-order valence-electron chi connectivity index (χ3n) is 6.77. The molecule has 0 aliphatic heterocycles. The Balaban J connectivity index is 0.00000144. The quantitative estimate of drug-likeness (QED) is 0.195. The number of halogens is 1. The van der Waals surface area contributed by atoms with Crippen molar-refractivity contribution in [2.75, 3.05) is 7.11 Å². The van der Waals surface area contributed by atoms with Crippen LogP contribution in [0, 0.1) is 11.7 Å². The standard InChI is InChI=1S/C30H35FN2O5.C3H6/c1-18(2)33(19(3)4)17-24-14-27(26(31)16-25(24)22-10-11-32-28(15-22)37-6)38-30(36)23-9-7-8-21(13-23)12-20(5)29(34)35;1-2-3-1/h7-11,13-16,18-20H,12,17H2,1-6H3,(H,34,35);1-3H2.